The number of carbonyl (C=O) groups is 2. The summed E-state index contributed by atoms with van der Waals surface area (Å²) in [5, 5.41) is 7.13. The summed E-state index contributed by atoms with van der Waals surface area (Å²) in [5.74, 6) is -0.762. The number of hydrogen-bond donors (Lipinski definition) is 2. The molecule has 0 radical (unpaired) electrons. The maximum Gasteiger partial charge on any atom is 0.329 e. The maximum atomic E-state index is 12.0. The zero-order valence-corrected chi connectivity index (χ0v) is 17.1. The molecule has 2 N–H and O–H groups in total. The Morgan fingerprint density at radius 2 is 1.72 bits per heavy atom. The van der Waals surface area contributed by atoms with Crippen LogP contribution in [-0.2, 0) is 9.59 Å². The Balaban J connectivity index is 1.58. The van der Waals surface area contributed by atoms with Crippen LogP contribution in [0.25, 0.3) is 11.3 Å². The molecular formula is C21H17Cl2N3O3. The second-order valence-electron chi connectivity index (χ2n) is 6.28. The van der Waals surface area contributed by atoms with Gasteiger partial charge in [-0.25, -0.2) is 5.43 Å². The van der Waals surface area contributed by atoms with Gasteiger partial charge in [0.15, 0.2) is 0 Å². The lowest BCUT2D eigenvalue weighted by Gasteiger charge is -2.06. The van der Waals surface area contributed by atoms with Crippen molar-refractivity contribution in [2.24, 2.45) is 5.10 Å². The molecule has 148 valence electrons. The minimum Gasteiger partial charge on any atom is -0.455 e. The molecule has 0 aliphatic carbocycles. The average Bonchev–Trinajstić information content (AvgIpc) is 3.15. The molecule has 0 atom stereocenters. The number of hydrogen-bond acceptors (Lipinski definition) is 4. The molecule has 2 amide bonds. The molecule has 8 heteroatoms. The molecular weight excluding hydrogens is 413 g/mol. The number of nitrogens with one attached hydrogen (secondary N) is 2. The van der Waals surface area contributed by atoms with Crippen molar-refractivity contribution in [1.29, 1.82) is 0 Å². The van der Waals surface area contributed by atoms with E-state index in [1.165, 1.54) is 6.21 Å². The molecule has 0 aliphatic heterocycles. The summed E-state index contributed by atoms with van der Waals surface area (Å²) in [7, 11) is 0. The monoisotopic (exact) mass is 429 g/mol. The number of halogens is 2. The molecule has 3 rings (SSSR count). The van der Waals surface area contributed by atoms with Crippen molar-refractivity contribution in [3.8, 4) is 11.3 Å². The van der Waals surface area contributed by atoms with Crippen LogP contribution in [-0.4, -0.2) is 18.0 Å². The first-order chi connectivity index (χ1) is 13.8. The smallest absolute Gasteiger partial charge is 0.329 e. The summed E-state index contributed by atoms with van der Waals surface area (Å²) < 4.78 is 5.62. The minimum atomic E-state index is -0.893. The molecule has 2 aromatic carbocycles. The van der Waals surface area contributed by atoms with E-state index in [9.17, 15) is 9.59 Å². The van der Waals surface area contributed by atoms with Gasteiger partial charge in [0.05, 0.1) is 16.3 Å². The highest BCUT2D eigenvalue weighted by molar-refractivity contribution is 6.42. The van der Waals surface area contributed by atoms with Gasteiger partial charge in [0.1, 0.15) is 11.5 Å². The molecule has 1 heterocycles. The Morgan fingerprint density at radius 1 is 0.931 bits per heavy atom. The minimum absolute atomic E-state index is 0.390. The van der Waals surface area contributed by atoms with Gasteiger partial charge in [-0.3, -0.25) is 9.59 Å². The molecule has 1 aromatic heterocycles. The van der Waals surface area contributed by atoms with Crippen molar-refractivity contribution in [3.63, 3.8) is 0 Å². The van der Waals surface area contributed by atoms with Crippen molar-refractivity contribution < 1.29 is 14.0 Å². The zero-order chi connectivity index (χ0) is 21.0. The Hall–Kier alpha value is -3.09. The first kappa shape index (κ1) is 20.6. The fraction of sp³-hybridized carbons (Fsp3) is 0.0952. The van der Waals surface area contributed by atoms with Gasteiger partial charge in [0.25, 0.3) is 0 Å². The topological polar surface area (TPSA) is 83.7 Å². The van der Waals surface area contributed by atoms with Gasteiger partial charge >= 0.3 is 11.8 Å². The van der Waals surface area contributed by atoms with E-state index in [2.05, 4.69) is 15.8 Å². The normalized spacial score (nSPS) is 10.9. The van der Waals surface area contributed by atoms with Gasteiger partial charge in [-0.2, -0.15) is 5.10 Å². The Labute approximate surface area is 177 Å². The van der Waals surface area contributed by atoms with Crippen molar-refractivity contribution in [2.75, 3.05) is 5.32 Å². The van der Waals surface area contributed by atoms with Crippen LogP contribution in [0.3, 0.4) is 0 Å². The summed E-state index contributed by atoms with van der Waals surface area (Å²) in [6.45, 7) is 3.88. The Morgan fingerprint density at radius 3 is 2.45 bits per heavy atom. The number of hydrazone groups is 1. The predicted molar refractivity (Wildman–Crippen MR) is 114 cm³/mol. The molecule has 0 fully saturated rings. The molecule has 0 unspecified atom stereocenters. The molecule has 0 aliphatic rings. The number of carbonyl (C=O) groups excluding carboxylic acids is 2. The largest absolute Gasteiger partial charge is 0.455 e. The number of anilines is 1. The number of benzene rings is 2. The fourth-order valence-corrected chi connectivity index (χ4v) is 2.74. The first-order valence-electron chi connectivity index (χ1n) is 8.60. The zero-order valence-electron chi connectivity index (χ0n) is 15.6. The third-order valence-corrected chi connectivity index (χ3v) is 4.90. The second kappa shape index (κ2) is 8.94. The van der Waals surface area contributed by atoms with Crippen molar-refractivity contribution in [3.05, 3.63) is 75.5 Å². The second-order valence-corrected chi connectivity index (χ2v) is 7.10. The van der Waals surface area contributed by atoms with E-state index >= 15 is 0 Å². The van der Waals surface area contributed by atoms with Crippen LogP contribution in [0.15, 0.2) is 58.0 Å². The maximum absolute atomic E-state index is 12.0. The van der Waals surface area contributed by atoms with Gasteiger partial charge in [-0.05, 0) is 67.4 Å². The average molecular weight is 430 g/mol. The van der Waals surface area contributed by atoms with Crippen LogP contribution in [0.4, 0.5) is 5.69 Å². The van der Waals surface area contributed by atoms with Gasteiger partial charge < -0.3 is 9.73 Å². The van der Waals surface area contributed by atoms with Crippen molar-refractivity contribution in [1.82, 2.24) is 5.43 Å². The van der Waals surface area contributed by atoms with Crippen LogP contribution in [0.5, 0.6) is 0 Å². The molecule has 0 bridgehead atoms. The van der Waals surface area contributed by atoms with Crippen molar-refractivity contribution in [2.45, 2.75) is 13.8 Å². The third kappa shape index (κ3) is 5.25. The number of furan rings is 1. The number of rotatable bonds is 4. The molecule has 0 spiro atoms. The summed E-state index contributed by atoms with van der Waals surface area (Å²) >= 11 is 11.9. The highest BCUT2D eigenvalue weighted by Gasteiger charge is 2.13. The standard InChI is InChI=1S/C21H17Cl2N3O3/c1-12-3-5-15(9-13(12)2)25-20(27)21(28)26-24-11-16-6-8-19(29-16)14-4-7-17(22)18(23)10-14/h3-11H,1-2H3,(H,25,27)(H,26,28)/b24-11+. The van der Waals surface area contributed by atoms with Crippen LogP contribution in [0, 0.1) is 13.8 Å². The summed E-state index contributed by atoms with van der Waals surface area (Å²) in [5.41, 5.74) is 5.55. The van der Waals surface area contributed by atoms with E-state index in [1.54, 1.807) is 42.5 Å². The molecule has 0 saturated carbocycles. The first-order valence-corrected chi connectivity index (χ1v) is 9.36. The third-order valence-electron chi connectivity index (χ3n) is 4.16. The van der Waals surface area contributed by atoms with Crippen LogP contribution < -0.4 is 10.7 Å². The fourth-order valence-electron chi connectivity index (χ4n) is 2.44. The van der Waals surface area contributed by atoms with E-state index in [1.807, 2.05) is 19.9 Å². The highest BCUT2D eigenvalue weighted by Crippen LogP contribution is 2.29. The Bertz CT molecular complexity index is 1110. The quantitative estimate of drug-likeness (QED) is 0.349. The van der Waals surface area contributed by atoms with E-state index in [0.717, 1.165) is 16.7 Å². The van der Waals surface area contributed by atoms with E-state index in [-0.39, 0.29) is 0 Å². The molecule has 0 saturated heterocycles. The van der Waals surface area contributed by atoms with E-state index in [4.69, 9.17) is 27.6 Å². The van der Waals surface area contributed by atoms with Gasteiger partial charge in [-0.1, -0.05) is 29.3 Å². The van der Waals surface area contributed by atoms with Crippen LogP contribution in [0.2, 0.25) is 10.0 Å². The van der Waals surface area contributed by atoms with Crippen LogP contribution >= 0.6 is 23.2 Å². The lowest BCUT2D eigenvalue weighted by atomic mass is 10.1. The van der Waals surface area contributed by atoms with Gasteiger partial charge in [0.2, 0.25) is 0 Å². The molecule has 29 heavy (non-hydrogen) atoms. The highest BCUT2D eigenvalue weighted by atomic mass is 35.5. The van der Waals surface area contributed by atoms with E-state index < -0.39 is 11.8 Å². The van der Waals surface area contributed by atoms with E-state index in [0.29, 0.717) is 27.3 Å². The number of nitrogens with zero attached hydrogens (tertiary/aromatic N) is 1. The van der Waals surface area contributed by atoms with Gasteiger partial charge in [0, 0.05) is 11.3 Å². The number of aryl methyl sites for hydroxylation is 2. The summed E-state index contributed by atoms with van der Waals surface area (Å²) in [6, 6.07) is 13.9. The lowest BCUT2D eigenvalue weighted by molar-refractivity contribution is -0.136. The molecule has 6 nitrogen and oxygen atoms in total. The predicted octanol–water partition coefficient (Wildman–Crippen LogP) is 4.96. The lowest BCUT2D eigenvalue weighted by Crippen LogP contribution is -2.32. The summed E-state index contributed by atoms with van der Waals surface area (Å²) in [4.78, 5) is 23.8. The molecule has 3 aromatic rings. The summed E-state index contributed by atoms with van der Waals surface area (Å²) in [6.07, 6.45) is 1.29. The Kier molecular flexibility index (Phi) is 6.36. The SMILES string of the molecule is Cc1ccc(NC(=O)C(=O)N/N=C/c2ccc(-c3ccc(Cl)c(Cl)c3)o2)cc1C. The van der Waals surface area contributed by atoms with Crippen LogP contribution in [0.1, 0.15) is 16.9 Å². The van der Waals surface area contributed by atoms with Crippen molar-refractivity contribution >= 4 is 46.9 Å². The van der Waals surface area contributed by atoms with Gasteiger partial charge in [-0.15, -0.1) is 0 Å². The number of amides is 2.